The number of rotatable bonds is 15. The number of hydrogen-bond donors (Lipinski definition) is 0. The summed E-state index contributed by atoms with van der Waals surface area (Å²) in [6.45, 7) is 11.7. The van der Waals surface area contributed by atoms with Gasteiger partial charge in [-0.15, -0.1) is 0 Å². The van der Waals surface area contributed by atoms with Crippen molar-refractivity contribution in [1.29, 1.82) is 0 Å². The summed E-state index contributed by atoms with van der Waals surface area (Å²) >= 11 is 2.36. The van der Waals surface area contributed by atoms with Gasteiger partial charge >= 0.3 is 265 Å². The second kappa shape index (κ2) is 20.2. The van der Waals surface area contributed by atoms with E-state index in [9.17, 15) is 0 Å². The first kappa shape index (κ1) is 41.0. The van der Waals surface area contributed by atoms with E-state index in [1.807, 2.05) is 0 Å². The zero-order chi connectivity index (χ0) is 29.2. The predicted molar refractivity (Wildman–Crippen MR) is 179 cm³/mol. The molecular weight excluding hydrogens is 651 g/mol. The number of unbranched alkanes of at least 4 members (excludes halogenated alkanes) is 3. The first-order valence-corrected chi connectivity index (χ1v) is 19.2. The summed E-state index contributed by atoms with van der Waals surface area (Å²) in [5.74, 6) is 0.562. The van der Waals surface area contributed by atoms with Gasteiger partial charge in [0, 0.05) is 0 Å². The molecule has 0 bridgehead atoms. The molecule has 0 N–H and O–H groups in total. The van der Waals surface area contributed by atoms with Gasteiger partial charge in [0.15, 0.2) is 0 Å². The van der Waals surface area contributed by atoms with Crippen molar-refractivity contribution in [2.45, 2.75) is 105 Å². The molecule has 0 spiro atoms. The van der Waals surface area contributed by atoms with Gasteiger partial charge in [0.2, 0.25) is 0 Å². The molecule has 0 aromatic heterocycles. The van der Waals surface area contributed by atoms with Crippen LogP contribution in [-0.4, -0.2) is 8.07 Å². The summed E-state index contributed by atoms with van der Waals surface area (Å²) in [6.07, 6.45) is 15.8. The molecule has 1 aliphatic carbocycles. The average Bonchev–Trinajstić information content (AvgIpc) is 3.40. The number of hydrogen-bond acceptors (Lipinski definition) is 0. The van der Waals surface area contributed by atoms with Crippen LogP contribution >= 0.6 is 0 Å². The molecule has 0 amide bonds. The Kier molecular flexibility index (Phi) is 18.8. The average molecular weight is 702 g/mol. The van der Waals surface area contributed by atoms with E-state index in [1.54, 1.807) is 26.3 Å². The maximum atomic E-state index is 2.53. The standard InChI is InChI=1S/C39H51Si.3ClH.Ti/c1-6-10-14-32-19-25-35(26-20-32)40(39-18-13-17-38(39)31(5)9-4,36-27-21-33(22-28-36)15-11-7-2)37-29-23-34(24-30-37)16-12-8-3;;;;/h13,19-31H,6-12,14-16,18H2,1-5H3;3*1H;/q;;;;+3/p-3. The summed E-state index contributed by atoms with van der Waals surface area (Å²) in [7, 11) is -2.51. The van der Waals surface area contributed by atoms with Gasteiger partial charge in [-0.25, -0.2) is 0 Å². The fourth-order valence-electron chi connectivity index (χ4n) is 6.64. The molecule has 1 unspecified atom stereocenters. The van der Waals surface area contributed by atoms with Crippen molar-refractivity contribution in [1.82, 2.24) is 0 Å². The Bertz CT molecular complexity index is 1190. The molecule has 236 valence electrons. The third-order valence-corrected chi connectivity index (χ3v) is 15.0. The zero-order valence-corrected chi connectivity index (χ0v) is 32.3. The van der Waals surface area contributed by atoms with E-state index >= 15 is 0 Å². The molecular formula is C39H51Cl3SiTi. The Balaban J connectivity index is 0.00000323. The summed E-state index contributed by atoms with van der Waals surface area (Å²) in [4.78, 5) is 0. The number of aryl methyl sites for hydroxylation is 3. The Morgan fingerprint density at radius 2 is 0.932 bits per heavy atom. The largest absolute Gasteiger partial charge is 1.00 e. The van der Waals surface area contributed by atoms with E-state index in [4.69, 9.17) is 0 Å². The molecule has 0 saturated heterocycles. The van der Waals surface area contributed by atoms with Crippen LogP contribution in [0.2, 0.25) is 0 Å². The number of allylic oxidation sites excluding steroid dienone is 4. The van der Waals surface area contributed by atoms with Crippen molar-refractivity contribution >= 4 is 23.6 Å². The van der Waals surface area contributed by atoms with Crippen LogP contribution in [0.5, 0.6) is 0 Å². The van der Waals surface area contributed by atoms with Crippen molar-refractivity contribution in [2.24, 2.45) is 5.92 Å². The Labute approximate surface area is 300 Å². The smallest absolute Gasteiger partial charge is 1.00 e. The van der Waals surface area contributed by atoms with Crippen molar-refractivity contribution < 1.29 is 57.7 Å². The van der Waals surface area contributed by atoms with Crippen molar-refractivity contribution in [3.05, 3.63) is 110 Å². The normalized spacial score (nSPS) is 13.5. The molecule has 1 aliphatic rings. The first-order chi connectivity index (χ1) is 20.0. The number of benzene rings is 3. The van der Waals surface area contributed by atoms with Gasteiger partial charge in [0.1, 0.15) is 0 Å². The van der Waals surface area contributed by atoms with Crippen LogP contribution in [-0.2, 0) is 39.7 Å². The predicted octanol–water partition coefficient (Wildman–Crippen LogP) is -0.0871. The molecule has 0 fully saturated rings. The fraction of sp³-hybridized carbons (Fsp3) is 0.436. The number of halogens is 3. The minimum absolute atomic E-state index is 0. The van der Waals surface area contributed by atoms with E-state index < -0.39 is 8.07 Å². The van der Waals surface area contributed by atoms with Crippen molar-refractivity contribution in [2.75, 3.05) is 0 Å². The fourth-order valence-corrected chi connectivity index (χ4v) is 12.9. The molecule has 0 nitrogen and oxygen atoms in total. The van der Waals surface area contributed by atoms with E-state index in [2.05, 4.69) is 134 Å². The molecule has 0 saturated carbocycles. The summed E-state index contributed by atoms with van der Waals surface area (Å²) < 4.78 is 1.50. The van der Waals surface area contributed by atoms with Crippen LogP contribution in [0.25, 0.3) is 0 Å². The maximum Gasteiger partial charge on any atom is -1.00 e. The van der Waals surface area contributed by atoms with Crippen LogP contribution in [0.4, 0.5) is 0 Å². The quantitative estimate of drug-likeness (QED) is 0.154. The molecule has 0 aliphatic heterocycles. The molecule has 3 aromatic rings. The molecule has 4 rings (SSSR count). The molecule has 5 heteroatoms. The van der Waals surface area contributed by atoms with Crippen molar-refractivity contribution in [3.8, 4) is 0 Å². The second-order valence-corrected chi connectivity index (χ2v) is 16.9. The van der Waals surface area contributed by atoms with Crippen molar-refractivity contribution in [3.63, 3.8) is 0 Å². The molecule has 3 aromatic carbocycles. The maximum absolute atomic E-state index is 2.53. The van der Waals surface area contributed by atoms with Crippen LogP contribution in [0.1, 0.15) is 103 Å². The van der Waals surface area contributed by atoms with Crippen LogP contribution in [0.15, 0.2) is 93.5 Å². The minimum Gasteiger partial charge on any atom is -1.00 e. The Morgan fingerprint density at radius 3 is 1.23 bits per heavy atom. The van der Waals surface area contributed by atoms with Gasteiger partial charge in [-0.2, -0.15) is 0 Å². The zero-order valence-electron chi connectivity index (χ0n) is 27.5. The second-order valence-electron chi connectivity index (χ2n) is 12.2. The molecule has 0 radical (unpaired) electrons. The third kappa shape index (κ3) is 9.27. The van der Waals surface area contributed by atoms with E-state index in [1.165, 1.54) is 84.8 Å². The monoisotopic (exact) mass is 700 g/mol. The topological polar surface area (TPSA) is 0 Å². The molecule has 0 heterocycles. The third-order valence-electron chi connectivity index (χ3n) is 9.30. The van der Waals surface area contributed by atoms with Gasteiger partial charge in [-0.1, -0.05) is 0 Å². The van der Waals surface area contributed by atoms with E-state index in [0.717, 1.165) is 6.42 Å². The van der Waals surface area contributed by atoms with Crippen LogP contribution < -0.4 is 52.8 Å². The van der Waals surface area contributed by atoms with Gasteiger partial charge in [-0.3, -0.25) is 0 Å². The van der Waals surface area contributed by atoms with Gasteiger partial charge < -0.3 is 37.2 Å². The van der Waals surface area contributed by atoms with Crippen LogP contribution in [0, 0.1) is 5.92 Å². The summed E-state index contributed by atoms with van der Waals surface area (Å²) in [6, 6.07) is 29.7. The van der Waals surface area contributed by atoms with Gasteiger partial charge in [0.05, 0.1) is 0 Å². The Morgan fingerprint density at radius 1 is 0.591 bits per heavy atom. The Hall–Kier alpha value is -1.06. The SMILES string of the molecule is CCCCc1ccc([Si](C2=C(C(C)CC)[C]([Ti+3])=CC2)(c2ccc(CCCC)cc2)c2ccc(CCCC)cc2)cc1.[Cl-].[Cl-].[Cl-]. The summed E-state index contributed by atoms with van der Waals surface area (Å²) in [5.41, 5.74) is 6.06. The molecule has 44 heavy (non-hydrogen) atoms. The van der Waals surface area contributed by atoms with Gasteiger partial charge in [-0.05, 0) is 0 Å². The van der Waals surface area contributed by atoms with Crippen LogP contribution in [0.3, 0.4) is 0 Å². The van der Waals surface area contributed by atoms with E-state index in [0.29, 0.717) is 5.92 Å². The minimum atomic E-state index is -2.51. The first-order valence-electron chi connectivity index (χ1n) is 16.4. The summed E-state index contributed by atoms with van der Waals surface area (Å²) in [5, 5.41) is 6.34. The molecule has 1 atom stereocenters. The van der Waals surface area contributed by atoms with E-state index in [-0.39, 0.29) is 37.2 Å². The van der Waals surface area contributed by atoms with Gasteiger partial charge in [0.25, 0.3) is 0 Å².